The number of hydrogen-bond donors (Lipinski definition) is 2. The topological polar surface area (TPSA) is 75.1 Å². The monoisotopic (exact) mass is 271 g/mol. The number of hydrogen-bond acceptors (Lipinski definition) is 4. The van der Waals surface area contributed by atoms with Crippen molar-refractivity contribution in [3.63, 3.8) is 0 Å². The van der Waals surface area contributed by atoms with Gasteiger partial charge in [0.25, 0.3) is 0 Å². The first-order chi connectivity index (χ1) is 9.50. The van der Waals surface area contributed by atoms with Crippen LogP contribution in [0.15, 0.2) is 24.3 Å². The Bertz CT molecular complexity index is 654. The van der Waals surface area contributed by atoms with Crippen LogP contribution in [0.3, 0.4) is 0 Å². The van der Waals surface area contributed by atoms with Gasteiger partial charge in [0.05, 0.1) is 5.69 Å². The first kappa shape index (κ1) is 14.0. The summed E-state index contributed by atoms with van der Waals surface area (Å²) < 4.78 is 0. The minimum Gasteiger partial charge on any atom is -0.478 e. The molecule has 2 N–H and O–H groups in total. The van der Waals surface area contributed by atoms with E-state index in [-0.39, 0.29) is 5.56 Å². The Kier molecular flexibility index (Phi) is 3.98. The second-order valence-corrected chi connectivity index (χ2v) is 4.72. The van der Waals surface area contributed by atoms with Crippen molar-refractivity contribution in [2.75, 3.05) is 5.32 Å². The standard InChI is InChI=1S/C15H17N3O2/c1-9-6-4-5-7-12(9)8-16-14-13(15(19)20)10(2)11(3)17-18-14/h4-7H,8H2,1-3H3,(H,16,18)(H,19,20). The zero-order valence-electron chi connectivity index (χ0n) is 11.8. The van der Waals surface area contributed by atoms with Crippen molar-refractivity contribution in [2.45, 2.75) is 27.3 Å². The molecule has 0 fully saturated rings. The van der Waals surface area contributed by atoms with Crippen molar-refractivity contribution in [1.82, 2.24) is 10.2 Å². The molecule has 0 aliphatic carbocycles. The van der Waals surface area contributed by atoms with E-state index in [4.69, 9.17) is 0 Å². The van der Waals surface area contributed by atoms with Crippen molar-refractivity contribution < 1.29 is 9.90 Å². The number of carbonyl (C=O) groups is 1. The lowest BCUT2D eigenvalue weighted by Crippen LogP contribution is -2.13. The van der Waals surface area contributed by atoms with Crippen LogP contribution in [-0.2, 0) is 6.54 Å². The van der Waals surface area contributed by atoms with E-state index >= 15 is 0 Å². The Labute approximate surface area is 117 Å². The number of nitrogens with one attached hydrogen (secondary N) is 1. The number of anilines is 1. The molecule has 1 heterocycles. The predicted molar refractivity (Wildman–Crippen MR) is 77.0 cm³/mol. The highest BCUT2D eigenvalue weighted by molar-refractivity contribution is 5.94. The second kappa shape index (κ2) is 5.69. The van der Waals surface area contributed by atoms with Crippen molar-refractivity contribution >= 4 is 11.8 Å². The molecule has 2 aromatic rings. The van der Waals surface area contributed by atoms with Gasteiger partial charge in [0.2, 0.25) is 0 Å². The summed E-state index contributed by atoms with van der Waals surface area (Å²) in [5, 5.41) is 20.3. The molecule has 1 aromatic heterocycles. The molecule has 1 aromatic carbocycles. The fourth-order valence-corrected chi connectivity index (χ4v) is 1.98. The van der Waals surface area contributed by atoms with Crippen molar-refractivity contribution in [3.05, 3.63) is 52.2 Å². The van der Waals surface area contributed by atoms with Gasteiger partial charge in [-0.05, 0) is 37.5 Å². The smallest absolute Gasteiger partial charge is 0.339 e. The van der Waals surface area contributed by atoms with Crippen LogP contribution in [0.2, 0.25) is 0 Å². The third kappa shape index (κ3) is 2.77. The molecule has 0 aliphatic rings. The molecule has 0 unspecified atom stereocenters. The maximum atomic E-state index is 11.4. The lowest BCUT2D eigenvalue weighted by Gasteiger charge is -2.12. The Morgan fingerprint density at radius 1 is 1.20 bits per heavy atom. The number of rotatable bonds is 4. The third-order valence-corrected chi connectivity index (χ3v) is 3.38. The predicted octanol–water partition coefficient (Wildman–Crippen LogP) is 2.71. The number of aryl methyl sites for hydroxylation is 2. The molecule has 2 rings (SSSR count). The van der Waals surface area contributed by atoms with Crippen LogP contribution in [0.1, 0.15) is 32.7 Å². The van der Waals surface area contributed by atoms with Crippen LogP contribution in [0, 0.1) is 20.8 Å². The average Bonchev–Trinajstić information content (AvgIpc) is 2.41. The van der Waals surface area contributed by atoms with Gasteiger partial charge in [-0.3, -0.25) is 0 Å². The highest BCUT2D eigenvalue weighted by Gasteiger charge is 2.17. The van der Waals surface area contributed by atoms with Gasteiger partial charge in [-0.2, -0.15) is 5.10 Å². The number of carboxylic acids is 1. The molecule has 0 radical (unpaired) electrons. The Hall–Kier alpha value is -2.43. The van der Waals surface area contributed by atoms with Crippen molar-refractivity contribution in [2.24, 2.45) is 0 Å². The Morgan fingerprint density at radius 3 is 2.55 bits per heavy atom. The van der Waals surface area contributed by atoms with Gasteiger partial charge in [-0.15, -0.1) is 5.10 Å². The van der Waals surface area contributed by atoms with E-state index in [1.54, 1.807) is 13.8 Å². The van der Waals surface area contributed by atoms with Gasteiger partial charge in [0.15, 0.2) is 5.82 Å². The summed E-state index contributed by atoms with van der Waals surface area (Å²) in [6.07, 6.45) is 0. The summed E-state index contributed by atoms with van der Waals surface area (Å²) in [7, 11) is 0. The van der Waals surface area contributed by atoms with Crippen LogP contribution in [-0.4, -0.2) is 21.3 Å². The minimum absolute atomic E-state index is 0.186. The maximum absolute atomic E-state index is 11.4. The van der Waals surface area contributed by atoms with Crippen LogP contribution in [0.5, 0.6) is 0 Å². The maximum Gasteiger partial charge on any atom is 0.339 e. The number of carboxylic acid groups (broad SMARTS) is 1. The normalized spacial score (nSPS) is 10.3. The first-order valence-corrected chi connectivity index (χ1v) is 6.36. The molecule has 5 nitrogen and oxygen atoms in total. The number of nitrogens with zero attached hydrogens (tertiary/aromatic N) is 2. The van der Waals surface area contributed by atoms with Gasteiger partial charge in [0.1, 0.15) is 5.56 Å². The Balaban J connectivity index is 2.29. The second-order valence-electron chi connectivity index (χ2n) is 4.72. The summed E-state index contributed by atoms with van der Waals surface area (Å²) >= 11 is 0. The van der Waals surface area contributed by atoms with Crippen LogP contribution < -0.4 is 5.32 Å². The van der Waals surface area contributed by atoms with Crippen molar-refractivity contribution in [3.8, 4) is 0 Å². The van der Waals surface area contributed by atoms with Gasteiger partial charge in [-0.1, -0.05) is 24.3 Å². The molecule has 0 atom stereocenters. The number of aromatic carboxylic acids is 1. The molecule has 0 saturated carbocycles. The number of benzene rings is 1. The highest BCUT2D eigenvalue weighted by Crippen LogP contribution is 2.19. The fraction of sp³-hybridized carbons (Fsp3) is 0.267. The van der Waals surface area contributed by atoms with Gasteiger partial charge in [0, 0.05) is 6.54 Å². The lowest BCUT2D eigenvalue weighted by atomic mass is 10.1. The largest absolute Gasteiger partial charge is 0.478 e. The van der Waals surface area contributed by atoms with Crippen LogP contribution >= 0.6 is 0 Å². The SMILES string of the molecule is Cc1ccccc1CNc1nnc(C)c(C)c1C(=O)O. The first-order valence-electron chi connectivity index (χ1n) is 6.36. The summed E-state index contributed by atoms with van der Waals surface area (Å²) in [5.74, 6) is -0.684. The molecular formula is C15H17N3O2. The zero-order valence-corrected chi connectivity index (χ0v) is 11.8. The molecule has 104 valence electrons. The van der Waals surface area contributed by atoms with Crippen LogP contribution in [0.25, 0.3) is 0 Å². The summed E-state index contributed by atoms with van der Waals surface area (Å²) in [5.41, 5.74) is 3.70. The van der Waals surface area contributed by atoms with Crippen molar-refractivity contribution in [1.29, 1.82) is 0 Å². The molecule has 20 heavy (non-hydrogen) atoms. The van der Waals surface area contributed by atoms with E-state index in [1.807, 2.05) is 31.2 Å². The third-order valence-electron chi connectivity index (χ3n) is 3.38. The molecule has 0 spiro atoms. The van der Waals surface area contributed by atoms with Crippen LogP contribution in [0.4, 0.5) is 5.82 Å². The van der Waals surface area contributed by atoms with E-state index in [1.165, 1.54) is 0 Å². The Morgan fingerprint density at radius 2 is 1.90 bits per heavy atom. The minimum atomic E-state index is -0.993. The zero-order chi connectivity index (χ0) is 14.7. The molecule has 0 aliphatic heterocycles. The quantitative estimate of drug-likeness (QED) is 0.894. The molecule has 0 amide bonds. The van der Waals surface area contributed by atoms with E-state index in [9.17, 15) is 9.90 Å². The summed E-state index contributed by atoms with van der Waals surface area (Å²) in [6.45, 7) is 6.03. The van der Waals surface area contributed by atoms with E-state index in [2.05, 4.69) is 15.5 Å². The molecule has 0 bridgehead atoms. The fourth-order valence-electron chi connectivity index (χ4n) is 1.98. The van der Waals surface area contributed by atoms with E-state index < -0.39 is 5.97 Å². The number of aromatic nitrogens is 2. The van der Waals surface area contributed by atoms with E-state index in [0.29, 0.717) is 23.6 Å². The summed E-state index contributed by atoms with van der Waals surface area (Å²) in [4.78, 5) is 11.4. The lowest BCUT2D eigenvalue weighted by molar-refractivity contribution is 0.0696. The molecule has 0 saturated heterocycles. The molecular weight excluding hydrogens is 254 g/mol. The van der Waals surface area contributed by atoms with Gasteiger partial charge < -0.3 is 10.4 Å². The highest BCUT2D eigenvalue weighted by atomic mass is 16.4. The van der Waals surface area contributed by atoms with Gasteiger partial charge >= 0.3 is 5.97 Å². The summed E-state index contributed by atoms with van der Waals surface area (Å²) in [6, 6.07) is 7.93. The average molecular weight is 271 g/mol. The van der Waals surface area contributed by atoms with E-state index in [0.717, 1.165) is 11.1 Å². The van der Waals surface area contributed by atoms with Gasteiger partial charge in [-0.25, -0.2) is 4.79 Å². The molecule has 5 heteroatoms.